The lowest BCUT2D eigenvalue weighted by molar-refractivity contribution is 0.0520. The molecule has 4 heteroatoms. The average Bonchev–Trinajstić information content (AvgIpc) is 2.79. The number of carbonyl (C=O) groups is 1. The van der Waals surface area contributed by atoms with E-state index in [9.17, 15) is 4.79 Å². The van der Waals surface area contributed by atoms with E-state index >= 15 is 0 Å². The zero-order valence-corrected chi connectivity index (χ0v) is 10.7. The quantitative estimate of drug-likeness (QED) is 0.826. The van der Waals surface area contributed by atoms with Gasteiger partial charge in [-0.2, -0.15) is 0 Å². The summed E-state index contributed by atoms with van der Waals surface area (Å²) in [5.74, 6) is 0.478. The Kier molecular flexibility index (Phi) is 3.87. The first-order chi connectivity index (χ1) is 8.74. The lowest BCUT2D eigenvalue weighted by Gasteiger charge is -2.03. The summed E-state index contributed by atoms with van der Waals surface area (Å²) in [6.07, 6.45) is 0.969. The molecule has 1 aromatic heterocycles. The maximum absolute atomic E-state index is 11.6. The second-order valence-electron chi connectivity index (χ2n) is 4.00. The van der Waals surface area contributed by atoms with Crippen LogP contribution in [0.15, 0.2) is 24.3 Å². The Hall–Kier alpha value is -1.97. The predicted molar refractivity (Wildman–Crippen MR) is 70.0 cm³/mol. The maximum atomic E-state index is 11.6. The van der Waals surface area contributed by atoms with E-state index < -0.39 is 0 Å². The third-order valence-electron chi connectivity index (χ3n) is 2.56. The molecular formula is C14H17NO3. The average molecular weight is 247 g/mol. The molecule has 2 rings (SSSR count). The topological polar surface area (TPSA) is 51.3 Å². The summed E-state index contributed by atoms with van der Waals surface area (Å²) < 4.78 is 10.5. The van der Waals surface area contributed by atoms with Crippen LogP contribution in [0.1, 0.15) is 30.8 Å². The van der Waals surface area contributed by atoms with Gasteiger partial charge in [0.15, 0.2) is 0 Å². The van der Waals surface area contributed by atoms with Crippen LogP contribution in [-0.4, -0.2) is 24.2 Å². The van der Waals surface area contributed by atoms with Gasteiger partial charge in [-0.15, -0.1) is 0 Å². The monoisotopic (exact) mass is 247 g/mol. The van der Waals surface area contributed by atoms with E-state index in [1.54, 1.807) is 13.0 Å². The molecule has 0 spiro atoms. The molecule has 2 aromatic rings. The van der Waals surface area contributed by atoms with Gasteiger partial charge >= 0.3 is 5.97 Å². The molecule has 18 heavy (non-hydrogen) atoms. The fraction of sp³-hybridized carbons (Fsp3) is 0.357. The van der Waals surface area contributed by atoms with Crippen molar-refractivity contribution in [2.45, 2.75) is 20.3 Å². The molecule has 0 aliphatic carbocycles. The molecule has 1 aromatic carbocycles. The van der Waals surface area contributed by atoms with Crippen molar-refractivity contribution in [1.29, 1.82) is 0 Å². The molecule has 0 saturated carbocycles. The zero-order valence-electron chi connectivity index (χ0n) is 10.7. The smallest absolute Gasteiger partial charge is 0.354 e. The Bertz CT molecular complexity index is 545. The molecular weight excluding hydrogens is 230 g/mol. The lowest BCUT2D eigenvalue weighted by atomic mass is 10.2. The number of hydrogen-bond donors (Lipinski definition) is 1. The van der Waals surface area contributed by atoms with E-state index in [-0.39, 0.29) is 5.97 Å². The summed E-state index contributed by atoms with van der Waals surface area (Å²) in [7, 11) is 0. The number of hydrogen-bond acceptors (Lipinski definition) is 3. The first kappa shape index (κ1) is 12.5. The first-order valence-electron chi connectivity index (χ1n) is 6.17. The number of esters is 1. The number of aromatic nitrogens is 1. The minimum absolute atomic E-state index is 0.329. The Balaban J connectivity index is 2.25. The van der Waals surface area contributed by atoms with Crippen LogP contribution in [0.3, 0.4) is 0 Å². The molecule has 1 N–H and O–H groups in total. The Labute approximate surface area is 106 Å². The molecule has 4 nitrogen and oxygen atoms in total. The molecule has 0 unspecified atom stereocenters. The third kappa shape index (κ3) is 2.64. The van der Waals surface area contributed by atoms with Gasteiger partial charge in [0.1, 0.15) is 11.4 Å². The van der Waals surface area contributed by atoms with Crippen LogP contribution < -0.4 is 4.74 Å². The first-order valence-corrected chi connectivity index (χ1v) is 6.17. The van der Waals surface area contributed by atoms with Gasteiger partial charge in [-0.1, -0.05) is 6.92 Å². The van der Waals surface area contributed by atoms with Gasteiger partial charge in [0.25, 0.3) is 0 Å². The zero-order chi connectivity index (χ0) is 13.0. The predicted octanol–water partition coefficient (Wildman–Crippen LogP) is 3.13. The van der Waals surface area contributed by atoms with Crippen molar-refractivity contribution in [3.63, 3.8) is 0 Å². The van der Waals surface area contributed by atoms with E-state index in [0.717, 1.165) is 23.1 Å². The minimum Gasteiger partial charge on any atom is -0.494 e. The van der Waals surface area contributed by atoms with Crippen LogP contribution in [0.5, 0.6) is 5.75 Å². The van der Waals surface area contributed by atoms with Crippen molar-refractivity contribution in [2.24, 2.45) is 0 Å². The summed E-state index contributed by atoms with van der Waals surface area (Å²) in [4.78, 5) is 14.6. The number of fused-ring (bicyclic) bond motifs is 1. The second-order valence-corrected chi connectivity index (χ2v) is 4.00. The van der Waals surface area contributed by atoms with E-state index in [4.69, 9.17) is 9.47 Å². The van der Waals surface area contributed by atoms with Crippen molar-refractivity contribution in [3.8, 4) is 5.75 Å². The standard InChI is InChI=1S/C14H17NO3/c1-3-7-18-11-6-5-10-8-13(14(16)17-4-2)15-12(10)9-11/h5-6,8-9,15H,3-4,7H2,1-2H3. The Morgan fingerprint density at radius 1 is 1.28 bits per heavy atom. The Morgan fingerprint density at radius 3 is 2.83 bits per heavy atom. The van der Waals surface area contributed by atoms with Crippen LogP contribution >= 0.6 is 0 Å². The van der Waals surface area contributed by atoms with Gasteiger partial charge in [-0.05, 0) is 31.5 Å². The largest absolute Gasteiger partial charge is 0.494 e. The number of aromatic amines is 1. The van der Waals surface area contributed by atoms with Crippen LogP contribution in [0.4, 0.5) is 0 Å². The van der Waals surface area contributed by atoms with Crippen molar-refractivity contribution >= 4 is 16.9 Å². The highest BCUT2D eigenvalue weighted by molar-refractivity contribution is 5.95. The molecule has 1 heterocycles. The normalized spacial score (nSPS) is 10.6. The lowest BCUT2D eigenvalue weighted by Crippen LogP contribution is -2.04. The molecule has 0 aliphatic rings. The van der Waals surface area contributed by atoms with Gasteiger partial charge in [0, 0.05) is 17.0 Å². The maximum Gasteiger partial charge on any atom is 0.354 e. The summed E-state index contributed by atoms with van der Waals surface area (Å²) in [6, 6.07) is 7.52. The molecule has 0 amide bonds. The molecule has 0 saturated heterocycles. The van der Waals surface area contributed by atoms with Gasteiger partial charge in [0.2, 0.25) is 0 Å². The van der Waals surface area contributed by atoms with E-state index in [2.05, 4.69) is 11.9 Å². The molecule has 0 atom stereocenters. The number of carbonyl (C=O) groups excluding carboxylic acids is 1. The molecule has 0 radical (unpaired) electrons. The van der Waals surface area contributed by atoms with Crippen molar-refractivity contribution in [3.05, 3.63) is 30.0 Å². The summed E-state index contributed by atoms with van der Waals surface area (Å²) in [6.45, 7) is 4.92. The summed E-state index contributed by atoms with van der Waals surface area (Å²) in [5, 5.41) is 0.974. The van der Waals surface area contributed by atoms with Gasteiger partial charge < -0.3 is 14.5 Å². The van der Waals surface area contributed by atoms with Gasteiger partial charge in [0.05, 0.1) is 13.2 Å². The number of benzene rings is 1. The fourth-order valence-corrected chi connectivity index (χ4v) is 1.73. The number of nitrogens with one attached hydrogen (secondary N) is 1. The molecule has 0 aliphatic heterocycles. The highest BCUT2D eigenvalue weighted by atomic mass is 16.5. The highest BCUT2D eigenvalue weighted by Gasteiger charge is 2.10. The molecule has 0 bridgehead atoms. The molecule has 96 valence electrons. The second kappa shape index (κ2) is 5.58. The van der Waals surface area contributed by atoms with E-state index in [1.165, 1.54) is 0 Å². The third-order valence-corrected chi connectivity index (χ3v) is 2.56. The van der Waals surface area contributed by atoms with E-state index in [1.807, 2.05) is 18.2 Å². The van der Waals surface area contributed by atoms with Crippen LogP contribution in [0.25, 0.3) is 10.9 Å². The number of ether oxygens (including phenoxy) is 2. The number of H-pyrrole nitrogens is 1. The van der Waals surface area contributed by atoms with Crippen LogP contribution in [0, 0.1) is 0 Å². The minimum atomic E-state index is -0.329. The fourth-order valence-electron chi connectivity index (χ4n) is 1.73. The van der Waals surface area contributed by atoms with Crippen molar-refractivity contribution in [2.75, 3.05) is 13.2 Å². The summed E-state index contributed by atoms with van der Waals surface area (Å²) in [5.41, 5.74) is 1.35. The van der Waals surface area contributed by atoms with Gasteiger partial charge in [-0.25, -0.2) is 4.79 Å². The number of rotatable bonds is 5. The SMILES string of the molecule is CCCOc1ccc2cc(C(=O)OCC)[nH]c2c1. The van der Waals surface area contributed by atoms with Gasteiger partial charge in [-0.3, -0.25) is 0 Å². The van der Waals surface area contributed by atoms with E-state index in [0.29, 0.717) is 18.9 Å². The summed E-state index contributed by atoms with van der Waals surface area (Å²) >= 11 is 0. The highest BCUT2D eigenvalue weighted by Crippen LogP contribution is 2.22. The molecule has 0 fully saturated rings. The van der Waals surface area contributed by atoms with Crippen molar-refractivity contribution < 1.29 is 14.3 Å². The van der Waals surface area contributed by atoms with Crippen LogP contribution in [0.2, 0.25) is 0 Å². The van der Waals surface area contributed by atoms with Crippen LogP contribution in [-0.2, 0) is 4.74 Å². The van der Waals surface area contributed by atoms with Crippen molar-refractivity contribution in [1.82, 2.24) is 4.98 Å². The Morgan fingerprint density at radius 2 is 2.11 bits per heavy atom.